The Morgan fingerprint density at radius 1 is 1.31 bits per heavy atom. The Hall–Kier alpha value is -2.38. The Morgan fingerprint density at radius 3 is 2.92 bits per heavy atom. The third-order valence-corrected chi connectivity index (χ3v) is 5.48. The van der Waals surface area contributed by atoms with E-state index in [2.05, 4.69) is 32.2 Å². The van der Waals surface area contributed by atoms with E-state index in [0.29, 0.717) is 24.0 Å². The van der Waals surface area contributed by atoms with Crippen LogP contribution in [0.2, 0.25) is 0 Å². The van der Waals surface area contributed by atoms with E-state index in [-0.39, 0.29) is 11.6 Å². The second kappa shape index (κ2) is 7.88. The molecule has 4 heterocycles. The van der Waals surface area contributed by atoms with Gasteiger partial charge >= 0.3 is 0 Å². The zero-order valence-electron chi connectivity index (χ0n) is 14.4. The number of amides is 1. The van der Waals surface area contributed by atoms with E-state index in [1.54, 1.807) is 35.8 Å². The van der Waals surface area contributed by atoms with Crippen LogP contribution in [0.4, 0.5) is 0 Å². The molecule has 4 rings (SSSR count). The highest BCUT2D eigenvalue weighted by atomic mass is 32.1. The number of piperidine rings is 1. The lowest BCUT2D eigenvalue weighted by Crippen LogP contribution is -2.38. The van der Waals surface area contributed by atoms with Gasteiger partial charge in [0.2, 0.25) is 5.76 Å². The van der Waals surface area contributed by atoms with E-state index in [0.717, 1.165) is 32.5 Å². The van der Waals surface area contributed by atoms with Crippen LogP contribution in [0, 0.1) is 5.92 Å². The number of furan rings is 1. The van der Waals surface area contributed by atoms with Crippen molar-refractivity contribution in [2.75, 3.05) is 19.6 Å². The Bertz CT molecular complexity index is 818. The first-order valence-corrected chi connectivity index (χ1v) is 9.74. The number of nitrogens with one attached hydrogen (secondary N) is 1. The van der Waals surface area contributed by atoms with Crippen molar-refractivity contribution in [3.63, 3.8) is 0 Å². The molecule has 0 saturated carbocycles. The molecule has 0 atom stereocenters. The van der Waals surface area contributed by atoms with Crippen molar-refractivity contribution in [2.45, 2.75) is 19.4 Å². The van der Waals surface area contributed by atoms with Gasteiger partial charge in [-0.3, -0.25) is 9.69 Å². The van der Waals surface area contributed by atoms with Crippen LogP contribution in [0.5, 0.6) is 0 Å². The first kappa shape index (κ1) is 17.1. The normalized spacial score (nSPS) is 16.0. The molecule has 7 heteroatoms. The van der Waals surface area contributed by atoms with Crippen molar-refractivity contribution in [2.24, 2.45) is 5.92 Å². The lowest BCUT2D eigenvalue weighted by Gasteiger charge is -2.31. The van der Waals surface area contributed by atoms with Crippen molar-refractivity contribution in [1.82, 2.24) is 15.4 Å². The largest absolute Gasteiger partial charge is 0.461 e. The average Bonchev–Trinajstić information content (AvgIpc) is 3.42. The van der Waals surface area contributed by atoms with Gasteiger partial charge < -0.3 is 14.3 Å². The Balaban J connectivity index is 1.23. The first-order chi connectivity index (χ1) is 12.8. The second-order valence-electron chi connectivity index (χ2n) is 6.61. The lowest BCUT2D eigenvalue weighted by molar-refractivity contribution is 0.0926. The monoisotopic (exact) mass is 371 g/mol. The summed E-state index contributed by atoms with van der Waals surface area (Å²) in [5.74, 6) is 1.33. The van der Waals surface area contributed by atoms with E-state index in [4.69, 9.17) is 8.94 Å². The van der Waals surface area contributed by atoms with Gasteiger partial charge in [-0.2, -0.15) is 11.3 Å². The van der Waals surface area contributed by atoms with Gasteiger partial charge in [0.05, 0.1) is 6.26 Å². The summed E-state index contributed by atoms with van der Waals surface area (Å²) in [5.41, 5.74) is 1.67. The third kappa shape index (κ3) is 4.05. The number of likely N-dealkylation sites (tertiary alicyclic amines) is 1. The summed E-state index contributed by atoms with van der Waals surface area (Å²) >= 11 is 1.75. The maximum Gasteiger partial charge on any atom is 0.273 e. The van der Waals surface area contributed by atoms with Crippen LogP contribution in [-0.4, -0.2) is 35.6 Å². The van der Waals surface area contributed by atoms with E-state index < -0.39 is 0 Å². The highest BCUT2D eigenvalue weighted by molar-refractivity contribution is 7.07. The van der Waals surface area contributed by atoms with Crippen LogP contribution < -0.4 is 5.32 Å². The summed E-state index contributed by atoms with van der Waals surface area (Å²) in [7, 11) is 0. The van der Waals surface area contributed by atoms with Crippen LogP contribution >= 0.6 is 11.3 Å². The summed E-state index contributed by atoms with van der Waals surface area (Å²) in [6, 6.07) is 7.33. The summed E-state index contributed by atoms with van der Waals surface area (Å²) < 4.78 is 10.4. The fourth-order valence-corrected chi connectivity index (χ4v) is 3.89. The number of rotatable bonds is 6. The zero-order valence-corrected chi connectivity index (χ0v) is 15.2. The van der Waals surface area contributed by atoms with Gasteiger partial charge in [-0.1, -0.05) is 5.16 Å². The molecule has 1 amide bonds. The van der Waals surface area contributed by atoms with Crippen molar-refractivity contribution >= 4 is 17.2 Å². The number of thiophene rings is 1. The summed E-state index contributed by atoms with van der Waals surface area (Å²) in [6.45, 7) is 3.84. The molecular formula is C19H21N3O3S. The molecule has 6 nitrogen and oxygen atoms in total. The molecule has 136 valence electrons. The van der Waals surface area contributed by atoms with Crippen LogP contribution in [0.15, 0.2) is 50.2 Å². The van der Waals surface area contributed by atoms with Crippen LogP contribution in [0.1, 0.15) is 28.9 Å². The van der Waals surface area contributed by atoms with Crippen molar-refractivity contribution < 1.29 is 13.7 Å². The summed E-state index contributed by atoms with van der Waals surface area (Å²) in [4.78, 5) is 14.8. The molecule has 0 aromatic carbocycles. The molecule has 0 radical (unpaired) electrons. The van der Waals surface area contributed by atoms with Gasteiger partial charge in [0.25, 0.3) is 5.91 Å². The molecule has 1 saturated heterocycles. The molecule has 0 unspecified atom stereocenters. The maximum absolute atomic E-state index is 12.3. The van der Waals surface area contributed by atoms with E-state index in [1.165, 1.54) is 5.56 Å². The molecule has 3 aromatic heterocycles. The Morgan fingerprint density at radius 2 is 2.19 bits per heavy atom. The Labute approximate surface area is 155 Å². The molecule has 1 fully saturated rings. The molecule has 1 aliphatic rings. The highest BCUT2D eigenvalue weighted by Gasteiger charge is 2.21. The van der Waals surface area contributed by atoms with E-state index in [1.807, 2.05) is 0 Å². The number of hydrogen-bond donors (Lipinski definition) is 1. The van der Waals surface area contributed by atoms with Gasteiger partial charge in [0.15, 0.2) is 11.5 Å². The average molecular weight is 371 g/mol. The molecule has 0 aliphatic carbocycles. The van der Waals surface area contributed by atoms with Gasteiger partial charge in [-0.15, -0.1) is 0 Å². The molecule has 0 spiro atoms. The second-order valence-corrected chi connectivity index (χ2v) is 7.39. The van der Waals surface area contributed by atoms with Crippen LogP contribution in [0.25, 0.3) is 11.5 Å². The lowest BCUT2D eigenvalue weighted by atomic mass is 9.96. The van der Waals surface area contributed by atoms with Gasteiger partial charge in [-0.05, 0) is 66.4 Å². The molecule has 3 aromatic rings. The number of nitrogens with zero attached hydrogens (tertiary/aromatic N) is 2. The predicted molar refractivity (Wildman–Crippen MR) is 98.9 cm³/mol. The van der Waals surface area contributed by atoms with Crippen LogP contribution in [0.3, 0.4) is 0 Å². The van der Waals surface area contributed by atoms with Crippen molar-refractivity contribution in [3.8, 4) is 11.5 Å². The van der Waals surface area contributed by atoms with Crippen molar-refractivity contribution in [3.05, 3.63) is 52.5 Å². The minimum Gasteiger partial charge on any atom is -0.461 e. The smallest absolute Gasteiger partial charge is 0.273 e. The topological polar surface area (TPSA) is 71.5 Å². The van der Waals surface area contributed by atoms with Gasteiger partial charge in [-0.25, -0.2) is 0 Å². The number of hydrogen-bond acceptors (Lipinski definition) is 6. The number of carbonyl (C=O) groups is 1. The molecule has 0 bridgehead atoms. The summed E-state index contributed by atoms with van der Waals surface area (Å²) in [5, 5.41) is 11.1. The number of aromatic nitrogens is 1. The fraction of sp³-hybridized carbons (Fsp3) is 0.368. The molecule has 1 N–H and O–H groups in total. The van der Waals surface area contributed by atoms with Crippen molar-refractivity contribution in [1.29, 1.82) is 0 Å². The highest BCUT2D eigenvalue weighted by Crippen LogP contribution is 2.21. The Kier molecular flexibility index (Phi) is 5.17. The van der Waals surface area contributed by atoms with Gasteiger partial charge in [0.1, 0.15) is 0 Å². The zero-order chi connectivity index (χ0) is 17.8. The fourth-order valence-electron chi connectivity index (χ4n) is 3.23. The molecule has 26 heavy (non-hydrogen) atoms. The predicted octanol–water partition coefficient (Wildman–Crippen LogP) is 3.64. The summed E-state index contributed by atoms with van der Waals surface area (Å²) in [6.07, 6.45) is 3.75. The standard InChI is InChI=1S/C19H21N3O3S/c23-19(16-10-18(25-21-16)17-2-1-8-24-17)20-11-14-3-6-22(7-4-14)12-15-5-9-26-13-15/h1-2,5,8-10,13-14H,3-4,6-7,11-12H2,(H,20,23). The van der Waals surface area contributed by atoms with Gasteiger partial charge in [0, 0.05) is 19.2 Å². The molecular weight excluding hydrogens is 350 g/mol. The maximum atomic E-state index is 12.3. The van der Waals surface area contributed by atoms with Crippen LogP contribution in [-0.2, 0) is 6.54 Å². The SMILES string of the molecule is O=C(NCC1CCN(Cc2ccsc2)CC1)c1cc(-c2ccco2)on1. The quantitative estimate of drug-likeness (QED) is 0.716. The van der Waals surface area contributed by atoms with E-state index >= 15 is 0 Å². The van der Waals surface area contributed by atoms with E-state index in [9.17, 15) is 4.79 Å². The first-order valence-electron chi connectivity index (χ1n) is 8.80. The molecule has 1 aliphatic heterocycles. The minimum atomic E-state index is -0.202. The minimum absolute atomic E-state index is 0.202. The third-order valence-electron chi connectivity index (χ3n) is 4.75. The number of carbonyl (C=O) groups excluding carboxylic acids is 1.